The number of nitrogens with two attached hydrogens (primary N) is 1. The van der Waals surface area contributed by atoms with Gasteiger partial charge in [0.2, 0.25) is 5.91 Å². The summed E-state index contributed by atoms with van der Waals surface area (Å²) in [6.45, 7) is 3.63. The maximum absolute atomic E-state index is 10.9. The van der Waals surface area contributed by atoms with Crippen LogP contribution < -0.4 is 5.73 Å². The Kier molecular flexibility index (Phi) is 5.05. The van der Waals surface area contributed by atoms with Crippen molar-refractivity contribution < 1.29 is 9.90 Å². The van der Waals surface area contributed by atoms with Gasteiger partial charge in [0.15, 0.2) is 0 Å². The van der Waals surface area contributed by atoms with Crippen LogP contribution in [0.1, 0.15) is 39.0 Å². The largest absolute Gasteiger partial charge is 0.392 e. The first-order chi connectivity index (χ1) is 7.13. The highest BCUT2D eigenvalue weighted by Crippen LogP contribution is 2.19. The smallest absolute Gasteiger partial charge is 0.218 e. The summed E-state index contributed by atoms with van der Waals surface area (Å²) in [5.74, 6) is -0.238. The van der Waals surface area contributed by atoms with Crippen molar-refractivity contribution in [2.75, 3.05) is 13.1 Å². The van der Waals surface area contributed by atoms with Gasteiger partial charge in [0.25, 0.3) is 0 Å². The first kappa shape index (κ1) is 12.5. The molecule has 0 aromatic heterocycles. The van der Waals surface area contributed by atoms with Crippen molar-refractivity contribution in [2.45, 2.75) is 51.2 Å². The molecule has 0 spiro atoms. The van der Waals surface area contributed by atoms with Crippen molar-refractivity contribution in [2.24, 2.45) is 5.73 Å². The van der Waals surface area contributed by atoms with Crippen molar-refractivity contribution in [1.29, 1.82) is 0 Å². The summed E-state index contributed by atoms with van der Waals surface area (Å²) in [5, 5.41) is 9.60. The molecule has 0 bridgehead atoms. The minimum atomic E-state index is -0.279. The number of carbonyl (C=O) groups is 1. The SMILES string of the molecule is CCC(O)CN1CCCCC1CC(N)=O. The fourth-order valence-corrected chi connectivity index (χ4v) is 2.16. The first-order valence-electron chi connectivity index (χ1n) is 5.84. The topological polar surface area (TPSA) is 66.6 Å². The molecular weight excluding hydrogens is 192 g/mol. The van der Waals surface area contributed by atoms with Gasteiger partial charge in [-0.25, -0.2) is 0 Å². The van der Waals surface area contributed by atoms with E-state index in [1.807, 2.05) is 6.92 Å². The fourth-order valence-electron chi connectivity index (χ4n) is 2.16. The quantitative estimate of drug-likeness (QED) is 0.700. The van der Waals surface area contributed by atoms with E-state index in [0.717, 1.165) is 32.2 Å². The van der Waals surface area contributed by atoms with E-state index in [9.17, 15) is 9.90 Å². The summed E-state index contributed by atoms with van der Waals surface area (Å²) in [6.07, 6.45) is 4.26. The Morgan fingerprint density at radius 1 is 1.60 bits per heavy atom. The van der Waals surface area contributed by atoms with E-state index in [2.05, 4.69) is 4.90 Å². The number of likely N-dealkylation sites (tertiary alicyclic amines) is 1. The van der Waals surface area contributed by atoms with Crippen molar-refractivity contribution in [3.8, 4) is 0 Å². The number of hydrogen-bond donors (Lipinski definition) is 2. The summed E-state index contributed by atoms with van der Waals surface area (Å²) in [7, 11) is 0. The van der Waals surface area contributed by atoms with Crippen LogP contribution in [0.3, 0.4) is 0 Å². The molecule has 1 aliphatic rings. The van der Waals surface area contributed by atoms with Crippen LogP contribution in [0.2, 0.25) is 0 Å². The normalized spacial score (nSPS) is 25.1. The Bertz CT molecular complexity index is 209. The highest BCUT2D eigenvalue weighted by molar-refractivity contribution is 5.74. The number of carbonyl (C=O) groups excluding carboxylic acids is 1. The molecule has 0 radical (unpaired) electrons. The van der Waals surface area contributed by atoms with Crippen LogP contribution in [0.25, 0.3) is 0 Å². The molecule has 0 aromatic carbocycles. The second-order valence-corrected chi connectivity index (χ2v) is 4.38. The molecule has 1 heterocycles. The van der Waals surface area contributed by atoms with E-state index < -0.39 is 0 Å². The van der Waals surface area contributed by atoms with Gasteiger partial charge < -0.3 is 10.8 Å². The van der Waals surface area contributed by atoms with Crippen LogP contribution in [-0.2, 0) is 4.79 Å². The Morgan fingerprint density at radius 2 is 2.33 bits per heavy atom. The van der Waals surface area contributed by atoms with E-state index in [-0.39, 0.29) is 18.1 Å². The van der Waals surface area contributed by atoms with Gasteiger partial charge in [0, 0.05) is 19.0 Å². The minimum absolute atomic E-state index is 0.238. The summed E-state index contributed by atoms with van der Waals surface area (Å²) in [6, 6.07) is 0.248. The van der Waals surface area contributed by atoms with Crippen LogP contribution in [-0.4, -0.2) is 41.1 Å². The molecule has 0 aromatic rings. The molecule has 1 fully saturated rings. The lowest BCUT2D eigenvalue weighted by molar-refractivity contribution is -0.119. The summed E-state index contributed by atoms with van der Waals surface area (Å²) in [4.78, 5) is 13.1. The first-order valence-corrected chi connectivity index (χ1v) is 5.84. The average molecular weight is 214 g/mol. The number of hydrogen-bond acceptors (Lipinski definition) is 3. The summed E-state index contributed by atoms with van der Waals surface area (Å²) < 4.78 is 0. The minimum Gasteiger partial charge on any atom is -0.392 e. The third-order valence-electron chi connectivity index (χ3n) is 3.10. The van der Waals surface area contributed by atoms with Gasteiger partial charge in [-0.15, -0.1) is 0 Å². The van der Waals surface area contributed by atoms with Gasteiger partial charge >= 0.3 is 0 Å². The van der Waals surface area contributed by atoms with Gasteiger partial charge in [0.1, 0.15) is 0 Å². The molecule has 4 heteroatoms. The zero-order valence-corrected chi connectivity index (χ0v) is 9.48. The van der Waals surface area contributed by atoms with Gasteiger partial charge in [-0.3, -0.25) is 9.69 Å². The lowest BCUT2D eigenvalue weighted by Gasteiger charge is -2.36. The number of nitrogens with zero attached hydrogens (tertiary/aromatic N) is 1. The lowest BCUT2D eigenvalue weighted by Crippen LogP contribution is -2.45. The predicted octanol–water partition coefficient (Wildman–Crippen LogP) is 0.487. The van der Waals surface area contributed by atoms with E-state index in [4.69, 9.17) is 5.73 Å². The Labute approximate surface area is 91.4 Å². The van der Waals surface area contributed by atoms with Gasteiger partial charge in [-0.2, -0.15) is 0 Å². The molecule has 3 N–H and O–H groups in total. The maximum atomic E-state index is 10.9. The zero-order valence-electron chi connectivity index (χ0n) is 9.48. The van der Waals surface area contributed by atoms with E-state index in [1.54, 1.807) is 0 Å². The number of piperidine rings is 1. The molecule has 88 valence electrons. The second kappa shape index (κ2) is 6.08. The zero-order chi connectivity index (χ0) is 11.3. The molecule has 2 unspecified atom stereocenters. The van der Waals surface area contributed by atoms with Crippen LogP contribution in [0.4, 0.5) is 0 Å². The molecule has 1 saturated heterocycles. The highest BCUT2D eigenvalue weighted by atomic mass is 16.3. The summed E-state index contributed by atoms with van der Waals surface area (Å²) >= 11 is 0. The van der Waals surface area contributed by atoms with Gasteiger partial charge in [0.05, 0.1) is 6.10 Å². The van der Waals surface area contributed by atoms with Crippen LogP contribution in [0.5, 0.6) is 0 Å². The Hall–Kier alpha value is -0.610. The van der Waals surface area contributed by atoms with Crippen LogP contribution in [0, 0.1) is 0 Å². The molecule has 15 heavy (non-hydrogen) atoms. The standard InChI is InChI=1S/C11H22N2O2/c1-2-10(14)8-13-6-4-3-5-9(13)7-11(12)15/h9-10,14H,2-8H2,1H3,(H2,12,15). The second-order valence-electron chi connectivity index (χ2n) is 4.38. The average Bonchev–Trinajstić information content (AvgIpc) is 2.20. The number of β-amino-alcohol motifs (C(OH)–C–C–N with tert-alkyl or cyclic N) is 1. The van der Waals surface area contributed by atoms with Crippen molar-refractivity contribution in [3.63, 3.8) is 0 Å². The molecule has 2 atom stereocenters. The lowest BCUT2D eigenvalue weighted by atomic mass is 9.98. The Morgan fingerprint density at radius 3 is 2.93 bits per heavy atom. The van der Waals surface area contributed by atoms with Crippen molar-refractivity contribution >= 4 is 5.91 Å². The Balaban J connectivity index is 2.45. The van der Waals surface area contributed by atoms with Crippen LogP contribution in [0.15, 0.2) is 0 Å². The molecule has 0 saturated carbocycles. The molecule has 1 amide bonds. The number of rotatable bonds is 5. The molecule has 4 nitrogen and oxygen atoms in total. The third-order valence-corrected chi connectivity index (χ3v) is 3.10. The van der Waals surface area contributed by atoms with Crippen molar-refractivity contribution in [1.82, 2.24) is 4.90 Å². The number of amides is 1. The molecule has 1 aliphatic heterocycles. The van der Waals surface area contributed by atoms with E-state index >= 15 is 0 Å². The molecule has 0 aliphatic carbocycles. The summed E-state index contributed by atoms with van der Waals surface area (Å²) in [5.41, 5.74) is 5.22. The molecular formula is C11H22N2O2. The maximum Gasteiger partial charge on any atom is 0.218 e. The number of primary amides is 1. The number of aliphatic hydroxyl groups is 1. The highest BCUT2D eigenvalue weighted by Gasteiger charge is 2.24. The van der Waals surface area contributed by atoms with Gasteiger partial charge in [-0.1, -0.05) is 13.3 Å². The van der Waals surface area contributed by atoms with E-state index in [0.29, 0.717) is 13.0 Å². The fraction of sp³-hybridized carbons (Fsp3) is 0.909. The number of aliphatic hydroxyl groups excluding tert-OH is 1. The monoisotopic (exact) mass is 214 g/mol. The van der Waals surface area contributed by atoms with Gasteiger partial charge in [-0.05, 0) is 25.8 Å². The van der Waals surface area contributed by atoms with Crippen molar-refractivity contribution in [3.05, 3.63) is 0 Å². The van der Waals surface area contributed by atoms with E-state index in [1.165, 1.54) is 0 Å². The third kappa shape index (κ3) is 4.18. The van der Waals surface area contributed by atoms with Crippen LogP contribution >= 0.6 is 0 Å². The molecule has 1 rings (SSSR count). The predicted molar refractivity (Wildman–Crippen MR) is 59.3 cm³/mol.